The first kappa shape index (κ1) is 17.6. The molecule has 2 aromatic carbocycles. The van der Waals surface area contributed by atoms with Gasteiger partial charge in [0.15, 0.2) is 0 Å². The minimum atomic E-state index is 0.132. The number of hydrogen-bond donors (Lipinski definition) is 0. The molecule has 1 aliphatic rings. The Morgan fingerprint density at radius 1 is 1.12 bits per heavy atom. The zero-order valence-electron chi connectivity index (χ0n) is 14.3. The minimum Gasteiger partial charge on any atom is -0.375 e. The van der Waals surface area contributed by atoms with E-state index < -0.39 is 0 Å². The Labute approximate surface area is 153 Å². The van der Waals surface area contributed by atoms with Crippen molar-refractivity contribution >= 4 is 34.7 Å². The number of para-hydroxylation sites is 1. The van der Waals surface area contributed by atoms with Crippen LogP contribution in [0.25, 0.3) is 0 Å². The van der Waals surface area contributed by atoms with E-state index in [-0.39, 0.29) is 6.10 Å². The normalized spacial score (nSPS) is 14.5. The Morgan fingerprint density at radius 2 is 1.88 bits per heavy atom. The predicted octanol–water partition coefficient (Wildman–Crippen LogP) is 4.91. The highest BCUT2D eigenvalue weighted by Gasteiger charge is 2.24. The van der Waals surface area contributed by atoms with Crippen LogP contribution < -0.4 is 4.90 Å². The van der Waals surface area contributed by atoms with Gasteiger partial charge in [0.25, 0.3) is 0 Å². The number of rotatable bonds is 6. The molecule has 3 rings (SSSR count). The maximum Gasteiger partial charge on any atom is 0.0726 e. The molecule has 1 heterocycles. The van der Waals surface area contributed by atoms with E-state index in [9.17, 15) is 0 Å². The van der Waals surface area contributed by atoms with Crippen molar-refractivity contribution < 1.29 is 4.74 Å². The molecular weight excluding hydrogens is 340 g/mol. The fourth-order valence-electron chi connectivity index (χ4n) is 2.75. The van der Waals surface area contributed by atoms with Crippen molar-refractivity contribution in [1.29, 1.82) is 0 Å². The predicted molar refractivity (Wildman–Crippen MR) is 103 cm³/mol. The highest BCUT2D eigenvalue weighted by Crippen LogP contribution is 2.48. The van der Waals surface area contributed by atoms with E-state index in [1.807, 2.05) is 12.1 Å². The van der Waals surface area contributed by atoms with Gasteiger partial charge in [-0.3, -0.25) is 0 Å². The van der Waals surface area contributed by atoms with Gasteiger partial charge in [0, 0.05) is 27.9 Å². The molecular formula is C19H23ClN2OS. The number of likely N-dealkylation sites (N-methyl/N-ethyl adjacent to an activating group) is 1. The summed E-state index contributed by atoms with van der Waals surface area (Å²) in [5.41, 5.74) is 2.38. The first-order valence-electron chi connectivity index (χ1n) is 8.15. The van der Waals surface area contributed by atoms with E-state index in [1.54, 1.807) is 11.8 Å². The molecule has 5 heteroatoms. The maximum atomic E-state index is 6.25. The second-order valence-corrected chi connectivity index (χ2v) is 7.80. The summed E-state index contributed by atoms with van der Waals surface area (Å²) < 4.78 is 5.99. The topological polar surface area (TPSA) is 15.7 Å². The van der Waals surface area contributed by atoms with E-state index in [1.165, 1.54) is 15.5 Å². The van der Waals surface area contributed by atoms with Crippen LogP contribution in [0.2, 0.25) is 5.02 Å². The summed E-state index contributed by atoms with van der Waals surface area (Å²) in [6.45, 7) is 4.60. The Hall–Kier alpha value is -1.20. The quantitative estimate of drug-likeness (QED) is 0.725. The van der Waals surface area contributed by atoms with Gasteiger partial charge in [0.1, 0.15) is 0 Å². The molecule has 1 aliphatic heterocycles. The summed E-state index contributed by atoms with van der Waals surface area (Å²) in [6.07, 6.45) is 0.132. The zero-order chi connectivity index (χ0) is 17.1. The molecule has 0 bridgehead atoms. The number of halogens is 1. The summed E-state index contributed by atoms with van der Waals surface area (Å²) >= 11 is 8.05. The van der Waals surface area contributed by atoms with Gasteiger partial charge in [-0.25, -0.2) is 0 Å². The average molecular weight is 363 g/mol. The lowest BCUT2D eigenvalue weighted by Gasteiger charge is -2.34. The molecule has 24 heavy (non-hydrogen) atoms. The molecule has 2 aromatic rings. The lowest BCUT2D eigenvalue weighted by atomic mass is 10.2. The SMILES string of the molecule is CC(CN1c2ccccc2Sc2ccc(Cl)cc21)OCCN(C)C. The Bertz CT molecular complexity index is 708. The maximum absolute atomic E-state index is 6.25. The number of anilines is 2. The number of ether oxygens (including phenoxy) is 1. The molecule has 0 N–H and O–H groups in total. The second-order valence-electron chi connectivity index (χ2n) is 6.28. The zero-order valence-corrected chi connectivity index (χ0v) is 15.9. The van der Waals surface area contributed by atoms with E-state index in [0.717, 1.165) is 30.4 Å². The van der Waals surface area contributed by atoms with Gasteiger partial charge in [-0.1, -0.05) is 35.5 Å². The second kappa shape index (κ2) is 7.79. The lowest BCUT2D eigenvalue weighted by Crippen LogP contribution is -2.32. The minimum absolute atomic E-state index is 0.132. The van der Waals surface area contributed by atoms with Gasteiger partial charge < -0.3 is 14.5 Å². The van der Waals surface area contributed by atoms with Crippen molar-refractivity contribution in [1.82, 2.24) is 4.90 Å². The van der Waals surface area contributed by atoms with Crippen LogP contribution in [0.1, 0.15) is 6.92 Å². The van der Waals surface area contributed by atoms with Crippen molar-refractivity contribution in [2.24, 2.45) is 0 Å². The Kier molecular flexibility index (Phi) is 5.72. The Balaban J connectivity index is 1.82. The largest absolute Gasteiger partial charge is 0.375 e. The van der Waals surface area contributed by atoms with Crippen molar-refractivity contribution in [3.63, 3.8) is 0 Å². The standard InChI is InChI=1S/C19H23ClN2OS/c1-14(23-11-10-21(2)3)13-22-16-6-4-5-7-18(16)24-19-9-8-15(20)12-17(19)22/h4-9,12,14H,10-11,13H2,1-3H3. The smallest absolute Gasteiger partial charge is 0.0726 e. The fraction of sp³-hybridized carbons (Fsp3) is 0.368. The van der Waals surface area contributed by atoms with Crippen molar-refractivity contribution in [2.75, 3.05) is 38.7 Å². The molecule has 3 nitrogen and oxygen atoms in total. The van der Waals surface area contributed by atoms with Crippen LogP contribution in [0.4, 0.5) is 11.4 Å². The van der Waals surface area contributed by atoms with Crippen molar-refractivity contribution in [3.05, 3.63) is 47.5 Å². The van der Waals surface area contributed by atoms with Gasteiger partial charge in [-0.2, -0.15) is 0 Å². The van der Waals surface area contributed by atoms with Crippen LogP contribution in [0.15, 0.2) is 52.3 Å². The molecule has 128 valence electrons. The number of hydrogen-bond acceptors (Lipinski definition) is 4. The van der Waals surface area contributed by atoms with Crippen LogP contribution in [0, 0.1) is 0 Å². The van der Waals surface area contributed by atoms with Gasteiger partial charge in [0.05, 0.1) is 24.1 Å². The van der Waals surface area contributed by atoms with Crippen molar-refractivity contribution in [3.8, 4) is 0 Å². The molecule has 0 amide bonds. The highest BCUT2D eigenvalue weighted by molar-refractivity contribution is 7.99. The van der Waals surface area contributed by atoms with Crippen LogP contribution in [-0.2, 0) is 4.74 Å². The van der Waals surface area contributed by atoms with Gasteiger partial charge in [0.2, 0.25) is 0 Å². The molecule has 1 unspecified atom stereocenters. The third-order valence-corrected chi connectivity index (χ3v) is 5.33. The molecule has 0 saturated heterocycles. The van der Waals surface area contributed by atoms with E-state index in [2.05, 4.69) is 61.2 Å². The van der Waals surface area contributed by atoms with Crippen molar-refractivity contribution in [2.45, 2.75) is 22.8 Å². The lowest BCUT2D eigenvalue weighted by molar-refractivity contribution is 0.0614. The fourth-order valence-corrected chi connectivity index (χ4v) is 3.99. The molecule has 0 saturated carbocycles. The van der Waals surface area contributed by atoms with E-state index in [4.69, 9.17) is 16.3 Å². The monoisotopic (exact) mass is 362 g/mol. The third-order valence-electron chi connectivity index (χ3n) is 3.97. The molecule has 1 atom stereocenters. The molecule has 0 fully saturated rings. The van der Waals surface area contributed by atoms with Gasteiger partial charge in [-0.05, 0) is 51.4 Å². The summed E-state index contributed by atoms with van der Waals surface area (Å²) in [6, 6.07) is 14.6. The third kappa shape index (κ3) is 4.06. The van der Waals surface area contributed by atoms with Gasteiger partial charge in [-0.15, -0.1) is 0 Å². The van der Waals surface area contributed by atoms with E-state index >= 15 is 0 Å². The first-order valence-corrected chi connectivity index (χ1v) is 9.34. The van der Waals surface area contributed by atoms with E-state index in [0.29, 0.717) is 0 Å². The number of fused-ring (bicyclic) bond motifs is 2. The van der Waals surface area contributed by atoms with Crippen LogP contribution in [-0.4, -0.2) is 44.8 Å². The number of nitrogens with zero attached hydrogens (tertiary/aromatic N) is 2. The highest BCUT2D eigenvalue weighted by atomic mass is 35.5. The molecule has 0 radical (unpaired) electrons. The molecule has 0 spiro atoms. The Morgan fingerprint density at radius 3 is 2.67 bits per heavy atom. The summed E-state index contributed by atoms with van der Waals surface area (Å²) in [5.74, 6) is 0. The average Bonchev–Trinajstić information content (AvgIpc) is 2.55. The van der Waals surface area contributed by atoms with Crippen LogP contribution >= 0.6 is 23.4 Å². The van der Waals surface area contributed by atoms with Crippen LogP contribution in [0.5, 0.6) is 0 Å². The summed E-state index contributed by atoms with van der Waals surface area (Å²) in [5, 5.41) is 0.764. The summed E-state index contributed by atoms with van der Waals surface area (Å²) in [4.78, 5) is 6.97. The molecule has 0 aliphatic carbocycles. The van der Waals surface area contributed by atoms with Crippen LogP contribution in [0.3, 0.4) is 0 Å². The van der Waals surface area contributed by atoms with Gasteiger partial charge >= 0.3 is 0 Å². The first-order chi connectivity index (χ1) is 11.5. The molecule has 0 aromatic heterocycles. The number of benzene rings is 2. The summed E-state index contributed by atoms with van der Waals surface area (Å²) in [7, 11) is 4.12.